The molecule has 2 rings (SSSR count). The lowest BCUT2D eigenvalue weighted by molar-refractivity contribution is -0.126. The highest BCUT2D eigenvalue weighted by atomic mass is 16.2. The van der Waals surface area contributed by atoms with Crippen LogP contribution in [-0.4, -0.2) is 32.7 Å². The minimum atomic E-state index is -0.445. The smallest absolute Gasteiger partial charge is 0.247 e. The SMILES string of the molecule is CCNC(=O)C(C(C)C)n1nnc(-c2ccccc2)n1. The molecule has 6 heteroatoms. The fraction of sp³-hybridized carbons (Fsp3) is 0.429. The van der Waals surface area contributed by atoms with Crippen LogP contribution in [0.3, 0.4) is 0 Å². The summed E-state index contributed by atoms with van der Waals surface area (Å²) >= 11 is 0. The second-order valence-corrected chi connectivity index (χ2v) is 4.88. The van der Waals surface area contributed by atoms with Crippen molar-refractivity contribution in [3.63, 3.8) is 0 Å². The second kappa shape index (κ2) is 6.27. The molecule has 1 atom stereocenters. The Morgan fingerprint density at radius 1 is 1.30 bits per heavy atom. The highest BCUT2D eigenvalue weighted by Gasteiger charge is 2.26. The fourth-order valence-electron chi connectivity index (χ4n) is 2.00. The van der Waals surface area contributed by atoms with Gasteiger partial charge >= 0.3 is 0 Å². The van der Waals surface area contributed by atoms with E-state index in [0.29, 0.717) is 12.4 Å². The van der Waals surface area contributed by atoms with Gasteiger partial charge in [0.15, 0.2) is 6.04 Å². The van der Waals surface area contributed by atoms with Crippen LogP contribution in [-0.2, 0) is 4.79 Å². The Hall–Kier alpha value is -2.24. The normalized spacial score (nSPS) is 12.4. The van der Waals surface area contributed by atoms with E-state index in [1.54, 1.807) is 0 Å². The van der Waals surface area contributed by atoms with Gasteiger partial charge in [-0.1, -0.05) is 44.2 Å². The molecule has 1 amide bonds. The molecular weight excluding hydrogens is 254 g/mol. The predicted molar refractivity (Wildman–Crippen MR) is 75.8 cm³/mol. The lowest BCUT2D eigenvalue weighted by Crippen LogP contribution is -2.36. The predicted octanol–water partition coefficient (Wildman–Crippen LogP) is 1.67. The third kappa shape index (κ3) is 3.01. The van der Waals surface area contributed by atoms with E-state index in [4.69, 9.17) is 0 Å². The molecule has 0 aliphatic carbocycles. The number of benzene rings is 1. The van der Waals surface area contributed by atoms with Gasteiger partial charge in [0.05, 0.1) is 0 Å². The molecule has 0 fully saturated rings. The van der Waals surface area contributed by atoms with Crippen LogP contribution in [0.2, 0.25) is 0 Å². The summed E-state index contributed by atoms with van der Waals surface area (Å²) in [5, 5.41) is 15.2. The van der Waals surface area contributed by atoms with Crippen molar-refractivity contribution in [2.45, 2.75) is 26.8 Å². The molecule has 1 heterocycles. The monoisotopic (exact) mass is 273 g/mol. The highest BCUT2D eigenvalue weighted by Crippen LogP contribution is 2.18. The number of nitrogens with zero attached hydrogens (tertiary/aromatic N) is 4. The van der Waals surface area contributed by atoms with Crippen LogP contribution in [0.1, 0.15) is 26.8 Å². The van der Waals surface area contributed by atoms with E-state index in [0.717, 1.165) is 5.56 Å². The van der Waals surface area contributed by atoms with Crippen molar-refractivity contribution in [3.8, 4) is 11.4 Å². The first-order chi connectivity index (χ1) is 9.63. The molecule has 1 N–H and O–H groups in total. The van der Waals surface area contributed by atoms with Crippen molar-refractivity contribution in [1.29, 1.82) is 0 Å². The molecule has 1 aromatic heterocycles. The van der Waals surface area contributed by atoms with Crippen molar-refractivity contribution in [3.05, 3.63) is 30.3 Å². The van der Waals surface area contributed by atoms with Gasteiger partial charge in [0.2, 0.25) is 11.7 Å². The molecule has 106 valence electrons. The van der Waals surface area contributed by atoms with Crippen LogP contribution < -0.4 is 5.32 Å². The maximum absolute atomic E-state index is 12.1. The molecule has 0 bridgehead atoms. The summed E-state index contributed by atoms with van der Waals surface area (Å²) in [6.07, 6.45) is 0. The number of rotatable bonds is 5. The Morgan fingerprint density at radius 2 is 2.00 bits per heavy atom. The van der Waals surface area contributed by atoms with Crippen LogP contribution in [0, 0.1) is 5.92 Å². The third-order valence-electron chi connectivity index (χ3n) is 2.96. The van der Waals surface area contributed by atoms with Gasteiger partial charge in [-0.3, -0.25) is 4.79 Å². The van der Waals surface area contributed by atoms with Crippen LogP contribution >= 0.6 is 0 Å². The molecule has 0 saturated heterocycles. The Balaban J connectivity index is 2.28. The maximum atomic E-state index is 12.1. The minimum absolute atomic E-state index is 0.0828. The van der Waals surface area contributed by atoms with E-state index in [1.807, 2.05) is 51.1 Å². The summed E-state index contributed by atoms with van der Waals surface area (Å²) < 4.78 is 0. The Kier molecular flexibility index (Phi) is 4.45. The van der Waals surface area contributed by atoms with E-state index >= 15 is 0 Å². The quantitative estimate of drug-likeness (QED) is 0.899. The molecule has 0 aliphatic heterocycles. The highest BCUT2D eigenvalue weighted by molar-refractivity contribution is 5.80. The topological polar surface area (TPSA) is 72.7 Å². The Labute approximate surface area is 118 Å². The number of tetrazole rings is 1. The van der Waals surface area contributed by atoms with Crippen molar-refractivity contribution < 1.29 is 4.79 Å². The Morgan fingerprint density at radius 3 is 2.60 bits per heavy atom. The summed E-state index contributed by atoms with van der Waals surface area (Å²) in [5.41, 5.74) is 0.886. The third-order valence-corrected chi connectivity index (χ3v) is 2.96. The van der Waals surface area contributed by atoms with Crippen molar-refractivity contribution in [1.82, 2.24) is 25.5 Å². The van der Waals surface area contributed by atoms with Crippen molar-refractivity contribution >= 4 is 5.91 Å². The van der Waals surface area contributed by atoms with E-state index in [2.05, 4.69) is 20.7 Å². The second-order valence-electron chi connectivity index (χ2n) is 4.88. The number of aromatic nitrogens is 4. The van der Waals surface area contributed by atoms with E-state index < -0.39 is 6.04 Å². The van der Waals surface area contributed by atoms with Crippen LogP contribution in [0.25, 0.3) is 11.4 Å². The standard InChI is InChI=1S/C14H19N5O/c1-4-15-14(20)12(10(2)3)19-17-13(16-18-19)11-8-6-5-7-9-11/h5-10,12H,4H2,1-3H3,(H,15,20). The number of amides is 1. The summed E-state index contributed by atoms with van der Waals surface area (Å²) in [6.45, 7) is 6.40. The van der Waals surface area contributed by atoms with Crippen LogP contribution in [0.15, 0.2) is 30.3 Å². The molecule has 0 radical (unpaired) electrons. The number of carbonyl (C=O) groups is 1. The summed E-state index contributed by atoms with van der Waals surface area (Å²) in [5.74, 6) is 0.527. The lowest BCUT2D eigenvalue weighted by atomic mass is 10.0. The number of likely N-dealkylation sites (N-methyl/N-ethyl adjacent to an activating group) is 1. The maximum Gasteiger partial charge on any atom is 0.247 e. The average Bonchev–Trinajstić information content (AvgIpc) is 2.89. The summed E-state index contributed by atoms with van der Waals surface area (Å²) in [7, 11) is 0. The van der Waals surface area contributed by atoms with E-state index in [9.17, 15) is 4.79 Å². The zero-order valence-corrected chi connectivity index (χ0v) is 11.9. The van der Waals surface area contributed by atoms with Gasteiger partial charge in [-0.05, 0) is 18.1 Å². The molecule has 0 saturated carbocycles. The molecule has 6 nitrogen and oxygen atoms in total. The first kappa shape index (κ1) is 14.2. The zero-order chi connectivity index (χ0) is 14.5. The molecule has 1 unspecified atom stereocenters. The molecule has 20 heavy (non-hydrogen) atoms. The van der Waals surface area contributed by atoms with Gasteiger partial charge in [-0.15, -0.1) is 10.2 Å². The Bertz CT molecular complexity index is 564. The fourth-order valence-corrected chi connectivity index (χ4v) is 2.00. The number of hydrogen-bond donors (Lipinski definition) is 1. The summed E-state index contributed by atoms with van der Waals surface area (Å²) in [4.78, 5) is 13.5. The van der Waals surface area contributed by atoms with E-state index in [1.165, 1.54) is 4.80 Å². The molecular formula is C14H19N5O. The molecule has 1 aromatic carbocycles. The van der Waals surface area contributed by atoms with Crippen LogP contribution in [0.5, 0.6) is 0 Å². The molecule has 0 spiro atoms. The van der Waals surface area contributed by atoms with E-state index in [-0.39, 0.29) is 11.8 Å². The summed E-state index contributed by atoms with van der Waals surface area (Å²) in [6, 6.07) is 9.15. The number of nitrogens with one attached hydrogen (secondary N) is 1. The van der Waals surface area contributed by atoms with Crippen molar-refractivity contribution in [2.24, 2.45) is 5.92 Å². The molecule has 0 aliphatic rings. The van der Waals surface area contributed by atoms with Crippen LogP contribution in [0.4, 0.5) is 0 Å². The zero-order valence-electron chi connectivity index (χ0n) is 11.9. The van der Waals surface area contributed by atoms with Crippen molar-refractivity contribution in [2.75, 3.05) is 6.54 Å². The largest absolute Gasteiger partial charge is 0.354 e. The van der Waals surface area contributed by atoms with Gasteiger partial charge in [-0.25, -0.2) is 0 Å². The van der Waals surface area contributed by atoms with Gasteiger partial charge in [-0.2, -0.15) is 4.80 Å². The van der Waals surface area contributed by atoms with Gasteiger partial charge in [0, 0.05) is 12.1 Å². The lowest BCUT2D eigenvalue weighted by Gasteiger charge is -2.18. The first-order valence-electron chi connectivity index (χ1n) is 6.76. The number of hydrogen-bond acceptors (Lipinski definition) is 4. The van der Waals surface area contributed by atoms with Gasteiger partial charge in [0.25, 0.3) is 0 Å². The van der Waals surface area contributed by atoms with Gasteiger partial charge < -0.3 is 5.32 Å². The first-order valence-corrected chi connectivity index (χ1v) is 6.76. The average molecular weight is 273 g/mol. The number of carbonyl (C=O) groups excluding carboxylic acids is 1. The molecule has 2 aromatic rings. The minimum Gasteiger partial charge on any atom is -0.354 e. The van der Waals surface area contributed by atoms with Gasteiger partial charge in [0.1, 0.15) is 0 Å².